The molecular weight excluding hydrogens is 799 g/mol. The van der Waals surface area contributed by atoms with Crippen molar-refractivity contribution >= 4 is 11.9 Å². The van der Waals surface area contributed by atoms with Gasteiger partial charge in [0, 0.05) is 45.8 Å². The molecule has 0 heterocycles. The van der Waals surface area contributed by atoms with Crippen molar-refractivity contribution in [1.29, 1.82) is 0 Å². The van der Waals surface area contributed by atoms with Crippen LogP contribution in [0.1, 0.15) is 233 Å². The number of rotatable bonds is 53. The highest BCUT2D eigenvalue weighted by molar-refractivity contribution is 5.69. The monoisotopic (exact) mass is 902 g/mol. The van der Waals surface area contributed by atoms with Crippen molar-refractivity contribution in [3.05, 3.63) is 0 Å². The maximum atomic E-state index is 12.7. The quantitative estimate of drug-likeness (QED) is 0.0357. The molecule has 1 N–H and O–H groups in total. The molecule has 63 heavy (non-hydrogen) atoms. The molecule has 0 atom stereocenters. The highest BCUT2D eigenvalue weighted by Gasteiger charge is 2.15. The Labute approximate surface area is 388 Å². The predicted molar refractivity (Wildman–Crippen MR) is 258 cm³/mol. The van der Waals surface area contributed by atoms with Crippen LogP contribution in [0.15, 0.2) is 0 Å². The first-order valence-corrected chi connectivity index (χ1v) is 26.7. The summed E-state index contributed by atoms with van der Waals surface area (Å²) in [6.45, 7) is 15.7. The number of ether oxygens (including phenoxy) is 7. The minimum Gasteiger partial charge on any atom is -0.466 e. The molecular formula is C52H103NO10. The Morgan fingerprint density at radius 3 is 1.03 bits per heavy atom. The molecule has 0 amide bonds. The van der Waals surface area contributed by atoms with Gasteiger partial charge < -0.3 is 43.2 Å². The highest BCUT2D eigenvalue weighted by Crippen LogP contribution is 2.14. The summed E-state index contributed by atoms with van der Waals surface area (Å²) >= 11 is 0. The van der Waals surface area contributed by atoms with Crippen LogP contribution in [0.3, 0.4) is 0 Å². The van der Waals surface area contributed by atoms with Crippen molar-refractivity contribution in [2.45, 2.75) is 246 Å². The minimum absolute atomic E-state index is 0.00519. The minimum atomic E-state index is -0.361. The molecule has 11 heteroatoms. The van der Waals surface area contributed by atoms with Gasteiger partial charge in [-0.2, -0.15) is 0 Å². The third-order valence-electron chi connectivity index (χ3n) is 11.4. The van der Waals surface area contributed by atoms with E-state index in [0.717, 1.165) is 71.0 Å². The number of carbonyl (C=O) groups is 2. The summed E-state index contributed by atoms with van der Waals surface area (Å²) in [6.07, 6.45) is 33.2. The van der Waals surface area contributed by atoms with E-state index >= 15 is 0 Å². The van der Waals surface area contributed by atoms with Gasteiger partial charge in [0.25, 0.3) is 0 Å². The van der Waals surface area contributed by atoms with Crippen molar-refractivity contribution in [2.75, 3.05) is 79.1 Å². The fraction of sp³-hybridized carbons (Fsp3) is 0.962. The van der Waals surface area contributed by atoms with Gasteiger partial charge in [0.1, 0.15) is 0 Å². The van der Waals surface area contributed by atoms with Crippen LogP contribution in [0.5, 0.6) is 0 Å². The molecule has 0 aromatic rings. The lowest BCUT2D eigenvalue weighted by Crippen LogP contribution is -2.30. The van der Waals surface area contributed by atoms with E-state index in [9.17, 15) is 9.59 Å². The maximum absolute atomic E-state index is 12.7. The zero-order valence-corrected chi connectivity index (χ0v) is 41.8. The van der Waals surface area contributed by atoms with E-state index in [2.05, 4.69) is 32.6 Å². The molecule has 0 radical (unpaired) electrons. The van der Waals surface area contributed by atoms with Gasteiger partial charge in [0.15, 0.2) is 12.6 Å². The third kappa shape index (κ3) is 47.0. The Morgan fingerprint density at radius 2 is 0.698 bits per heavy atom. The lowest BCUT2D eigenvalue weighted by Gasteiger charge is -2.22. The number of esters is 2. The smallest absolute Gasteiger partial charge is 0.305 e. The summed E-state index contributed by atoms with van der Waals surface area (Å²) in [6, 6.07) is 0. The summed E-state index contributed by atoms with van der Waals surface area (Å²) in [5.41, 5.74) is 0. The van der Waals surface area contributed by atoms with Crippen molar-refractivity contribution in [2.24, 2.45) is 0 Å². The number of nitrogens with zero attached hydrogens (tertiary/aromatic N) is 1. The maximum Gasteiger partial charge on any atom is 0.305 e. The Hall–Kier alpha value is -1.34. The molecule has 0 aliphatic heterocycles. The average molecular weight is 902 g/mol. The molecule has 0 rings (SSSR count). The molecule has 0 unspecified atom stereocenters. The fourth-order valence-corrected chi connectivity index (χ4v) is 7.38. The summed E-state index contributed by atoms with van der Waals surface area (Å²) in [5.74, 6) is -0.404. The van der Waals surface area contributed by atoms with Crippen molar-refractivity contribution in [1.82, 2.24) is 4.90 Å². The Kier molecular flexibility index (Phi) is 50.5. The summed E-state index contributed by atoms with van der Waals surface area (Å²) < 4.78 is 41.2. The van der Waals surface area contributed by atoms with Gasteiger partial charge in [0.2, 0.25) is 0 Å². The van der Waals surface area contributed by atoms with E-state index in [1.54, 1.807) is 0 Å². The predicted octanol–water partition coefficient (Wildman–Crippen LogP) is 12.7. The van der Waals surface area contributed by atoms with Gasteiger partial charge >= 0.3 is 11.9 Å². The Morgan fingerprint density at radius 1 is 0.381 bits per heavy atom. The molecule has 0 saturated heterocycles. The van der Waals surface area contributed by atoms with Crippen molar-refractivity contribution in [3.63, 3.8) is 0 Å². The topological polar surface area (TPSA) is 122 Å². The van der Waals surface area contributed by atoms with Crippen molar-refractivity contribution < 1.29 is 47.9 Å². The first-order chi connectivity index (χ1) is 31.0. The van der Waals surface area contributed by atoms with E-state index in [0.29, 0.717) is 65.7 Å². The van der Waals surface area contributed by atoms with Crippen LogP contribution in [0.25, 0.3) is 0 Å². The molecule has 0 spiro atoms. The lowest BCUT2D eigenvalue weighted by atomic mass is 10.1. The summed E-state index contributed by atoms with van der Waals surface area (Å²) in [5, 5.41) is 9.14. The van der Waals surface area contributed by atoms with Gasteiger partial charge in [-0.05, 0) is 64.5 Å². The van der Waals surface area contributed by atoms with Gasteiger partial charge in [0.05, 0.1) is 45.9 Å². The van der Waals surface area contributed by atoms with Crippen LogP contribution < -0.4 is 0 Å². The molecule has 0 saturated carbocycles. The van der Waals surface area contributed by atoms with Gasteiger partial charge in [-0.1, -0.05) is 156 Å². The second kappa shape index (κ2) is 51.6. The number of aliphatic hydroxyl groups is 1. The number of unbranched alkanes of at least 4 members (excludes halogenated alkanes) is 22. The van der Waals surface area contributed by atoms with E-state index < -0.39 is 0 Å². The lowest BCUT2D eigenvalue weighted by molar-refractivity contribution is -0.159. The molecule has 0 bridgehead atoms. The second-order valence-corrected chi connectivity index (χ2v) is 17.5. The molecule has 11 nitrogen and oxygen atoms in total. The van der Waals surface area contributed by atoms with Crippen molar-refractivity contribution in [3.8, 4) is 0 Å². The van der Waals surface area contributed by atoms with Crippen LogP contribution in [0.4, 0.5) is 0 Å². The van der Waals surface area contributed by atoms with Gasteiger partial charge in [-0.25, -0.2) is 0 Å². The van der Waals surface area contributed by atoms with Crippen LogP contribution in [0, 0.1) is 0 Å². The molecule has 0 aromatic heterocycles. The average Bonchev–Trinajstić information content (AvgIpc) is 3.28. The third-order valence-corrected chi connectivity index (χ3v) is 11.4. The largest absolute Gasteiger partial charge is 0.466 e. The first kappa shape index (κ1) is 61.7. The standard InChI is InChI=1S/C52H103NO10/c1-5-9-13-17-21-27-43-60-51(61-44-28-22-18-14-10-6-2)35-33-49(55)58-41-31-25-37-53(39-47-57-48-40-54)38-26-32-42-59-50(56)34-36-52(62-45-29-23-19-15-11-7-3)63-46-30-24-20-16-12-8-4/h51-52,54H,5-48H2,1-4H3. The molecule has 0 aliphatic carbocycles. The zero-order chi connectivity index (χ0) is 45.9. The van der Waals surface area contributed by atoms with Gasteiger partial charge in [-0.3, -0.25) is 9.59 Å². The van der Waals surface area contributed by atoms with E-state index in [1.165, 1.54) is 128 Å². The van der Waals surface area contributed by atoms with Crippen LogP contribution in [-0.4, -0.2) is 114 Å². The number of aliphatic hydroxyl groups excluding tert-OH is 1. The van der Waals surface area contributed by atoms with E-state index in [-0.39, 0.29) is 44.0 Å². The van der Waals surface area contributed by atoms with Crippen LogP contribution >= 0.6 is 0 Å². The second-order valence-electron chi connectivity index (χ2n) is 17.5. The summed E-state index contributed by atoms with van der Waals surface area (Å²) in [4.78, 5) is 27.7. The molecule has 376 valence electrons. The van der Waals surface area contributed by atoms with Gasteiger partial charge in [-0.15, -0.1) is 0 Å². The molecule has 0 fully saturated rings. The van der Waals surface area contributed by atoms with E-state index in [1.807, 2.05) is 0 Å². The number of hydrogen-bond donors (Lipinski definition) is 1. The number of carbonyl (C=O) groups excluding carboxylic acids is 2. The molecule has 0 aromatic carbocycles. The Balaban J connectivity index is 4.58. The normalized spacial score (nSPS) is 11.7. The molecule has 0 aliphatic rings. The summed E-state index contributed by atoms with van der Waals surface area (Å²) in [7, 11) is 0. The first-order valence-electron chi connectivity index (χ1n) is 26.7. The van der Waals surface area contributed by atoms with Crippen LogP contribution in [0.2, 0.25) is 0 Å². The SMILES string of the molecule is CCCCCCCCOC(CCC(=O)OCCCCN(CCCCOC(=O)CCC(OCCCCCCCC)OCCCCCCCC)CCOCCO)OCCCCCCCC. The zero-order valence-electron chi connectivity index (χ0n) is 41.8. The fourth-order valence-electron chi connectivity index (χ4n) is 7.38. The Bertz CT molecular complexity index is 825. The van der Waals surface area contributed by atoms with Crippen LogP contribution in [-0.2, 0) is 42.7 Å². The number of hydrogen-bond acceptors (Lipinski definition) is 11. The van der Waals surface area contributed by atoms with E-state index in [4.69, 9.17) is 38.3 Å². The highest BCUT2D eigenvalue weighted by atomic mass is 16.7.